The minimum absolute atomic E-state index is 0.145. The Balaban J connectivity index is 2.05. The number of fused-ring (bicyclic) bond motifs is 1. The van der Waals surface area contributed by atoms with E-state index in [0.29, 0.717) is 12.2 Å². The molecule has 3 aromatic rings. The lowest BCUT2D eigenvalue weighted by Crippen LogP contribution is -2.36. The average Bonchev–Trinajstić information content (AvgIpc) is 2.98. The molecule has 2 heterocycles. The Morgan fingerprint density at radius 1 is 1.12 bits per heavy atom. The van der Waals surface area contributed by atoms with Gasteiger partial charge in [0.1, 0.15) is 22.9 Å². The molecule has 0 aliphatic rings. The number of nitrogens with one attached hydrogen (secondary N) is 1. The predicted octanol–water partition coefficient (Wildman–Crippen LogP) is 6.89. The van der Waals surface area contributed by atoms with Crippen LogP contribution in [-0.4, -0.2) is 20.9 Å². The van der Waals surface area contributed by atoms with Crippen molar-refractivity contribution in [3.63, 3.8) is 0 Å². The highest BCUT2D eigenvalue weighted by Crippen LogP contribution is 2.36. The molecule has 2 aromatic heterocycles. The first-order valence-corrected chi connectivity index (χ1v) is 11.4. The maximum absolute atomic E-state index is 12.2. The Hall–Kier alpha value is -2.82. The summed E-state index contributed by atoms with van der Waals surface area (Å²) in [5, 5.41) is 3.77. The zero-order valence-electron chi connectivity index (χ0n) is 20.7. The van der Waals surface area contributed by atoms with Gasteiger partial charge in [-0.1, -0.05) is 52.8 Å². The summed E-state index contributed by atoms with van der Waals surface area (Å²) in [7, 11) is 0. The number of carbonyl (C=O) groups is 1. The fourth-order valence-electron chi connectivity index (χ4n) is 4.43. The molecule has 0 aliphatic carbocycles. The van der Waals surface area contributed by atoms with Crippen LogP contribution in [-0.2, 0) is 4.79 Å². The molecule has 0 spiro atoms. The van der Waals surface area contributed by atoms with Crippen LogP contribution in [0, 0.1) is 18.3 Å². The van der Waals surface area contributed by atoms with Crippen molar-refractivity contribution in [3.05, 3.63) is 48.2 Å². The maximum atomic E-state index is 12.2. The Morgan fingerprint density at radius 2 is 1.84 bits per heavy atom. The molecular weight excluding hydrogens is 398 g/mol. The molecule has 172 valence electrons. The van der Waals surface area contributed by atoms with E-state index in [1.54, 1.807) is 0 Å². The van der Waals surface area contributed by atoms with Crippen molar-refractivity contribution in [2.24, 2.45) is 11.3 Å². The minimum Gasteiger partial charge on any atom is -0.426 e. The highest BCUT2D eigenvalue weighted by Gasteiger charge is 2.28. The molecule has 0 fully saturated rings. The molecule has 5 heteroatoms. The average molecular weight is 436 g/mol. The Bertz CT molecular complexity index is 1100. The molecule has 0 aliphatic heterocycles. The zero-order valence-corrected chi connectivity index (χ0v) is 20.7. The van der Waals surface area contributed by atoms with Gasteiger partial charge in [-0.25, -0.2) is 4.98 Å². The van der Waals surface area contributed by atoms with E-state index >= 15 is 0 Å². The summed E-state index contributed by atoms with van der Waals surface area (Å²) in [4.78, 5) is 17.2. The molecule has 0 bridgehead atoms. The van der Waals surface area contributed by atoms with Crippen molar-refractivity contribution in [1.82, 2.24) is 9.38 Å². The van der Waals surface area contributed by atoms with Crippen LogP contribution in [0.5, 0.6) is 5.75 Å². The first-order chi connectivity index (χ1) is 14.8. The van der Waals surface area contributed by atoms with Crippen LogP contribution in [0.25, 0.3) is 16.9 Å². The van der Waals surface area contributed by atoms with Gasteiger partial charge in [0.25, 0.3) is 0 Å². The van der Waals surface area contributed by atoms with Gasteiger partial charge in [-0.3, -0.25) is 9.20 Å². The van der Waals surface area contributed by atoms with Gasteiger partial charge < -0.3 is 10.1 Å². The second-order valence-corrected chi connectivity index (χ2v) is 11.0. The van der Waals surface area contributed by atoms with Crippen molar-refractivity contribution >= 4 is 17.4 Å². The Morgan fingerprint density at radius 3 is 2.50 bits per heavy atom. The molecule has 3 rings (SSSR count). The van der Waals surface area contributed by atoms with E-state index in [1.165, 1.54) is 0 Å². The van der Waals surface area contributed by atoms with Crippen LogP contribution >= 0.6 is 0 Å². The van der Waals surface area contributed by atoms with Crippen molar-refractivity contribution in [2.45, 2.75) is 73.8 Å². The third-order valence-electron chi connectivity index (χ3n) is 5.19. The van der Waals surface area contributed by atoms with E-state index < -0.39 is 0 Å². The number of aryl methyl sites for hydroxylation is 1. The monoisotopic (exact) mass is 435 g/mol. The maximum Gasteiger partial charge on any atom is 0.311 e. The number of imidazole rings is 1. The number of carbonyl (C=O) groups excluding carboxylic acids is 1. The van der Waals surface area contributed by atoms with Crippen LogP contribution in [0.4, 0.5) is 5.82 Å². The largest absolute Gasteiger partial charge is 0.426 e. The highest BCUT2D eigenvalue weighted by molar-refractivity contribution is 5.79. The summed E-state index contributed by atoms with van der Waals surface area (Å²) in [6, 6.07) is 11.8. The third kappa shape index (κ3) is 5.90. The molecule has 0 atom stereocenters. The molecule has 0 unspecified atom stereocenters. The minimum atomic E-state index is -0.215. The van der Waals surface area contributed by atoms with Crippen LogP contribution in [0.3, 0.4) is 0 Å². The first-order valence-electron chi connectivity index (χ1n) is 11.4. The van der Waals surface area contributed by atoms with Crippen molar-refractivity contribution in [1.29, 1.82) is 0 Å². The fourth-order valence-corrected chi connectivity index (χ4v) is 4.43. The van der Waals surface area contributed by atoms with Gasteiger partial charge in [0, 0.05) is 23.7 Å². The molecule has 32 heavy (non-hydrogen) atoms. The number of nitrogens with zero attached hydrogens (tertiary/aromatic N) is 2. The summed E-state index contributed by atoms with van der Waals surface area (Å²) in [6.07, 6.45) is 3.43. The smallest absolute Gasteiger partial charge is 0.311 e. The fraction of sp³-hybridized carbons (Fsp3) is 0.481. The summed E-state index contributed by atoms with van der Waals surface area (Å²) < 4.78 is 7.72. The SMILES string of the molecule is Cc1cccn2c(NC(C)(C)CC(C)(C)C)c(-c3cccc(OC(=O)CC(C)C)c3)nc12. The molecule has 0 amide bonds. The highest BCUT2D eigenvalue weighted by atomic mass is 16.5. The lowest BCUT2D eigenvalue weighted by Gasteiger charge is -2.34. The second-order valence-electron chi connectivity index (χ2n) is 11.0. The predicted molar refractivity (Wildman–Crippen MR) is 132 cm³/mol. The number of esters is 1. The van der Waals surface area contributed by atoms with Gasteiger partial charge in [0.05, 0.1) is 0 Å². The van der Waals surface area contributed by atoms with Gasteiger partial charge >= 0.3 is 5.97 Å². The van der Waals surface area contributed by atoms with Crippen molar-refractivity contribution in [3.8, 4) is 17.0 Å². The third-order valence-corrected chi connectivity index (χ3v) is 5.19. The van der Waals surface area contributed by atoms with Gasteiger partial charge in [-0.2, -0.15) is 0 Å². The topological polar surface area (TPSA) is 55.6 Å². The molecule has 0 saturated heterocycles. The van der Waals surface area contributed by atoms with E-state index in [4.69, 9.17) is 9.72 Å². The molecule has 1 N–H and O–H groups in total. The summed E-state index contributed by atoms with van der Waals surface area (Å²) in [5.74, 6) is 1.53. The van der Waals surface area contributed by atoms with Crippen molar-refractivity contribution < 1.29 is 9.53 Å². The number of rotatable bonds is 7. The van der Waals surface area contributed by atoms with Crippen LogP contribution in [0.1, 0.15) is 66.9 Å². The standard InChI is InChI=1S/C27H37N3O2/c1-18(2)15-22(31)32-21-13-9-12-20(16-21)23-25(29-27(7,8)17-26(4,5)6)30-14-10-11-19(3)24(30)28-23/h9-14,16,18,29H,15,17H2,1-8H3. The lowest BCUT2D eigenvalue weighted by atomic mass is 9.82. The number of hydrogen-bond acceptors (Lipinski definition) is 4. The summed E-state index contributed by atoms with van der Waals surface area (Å²) in [6.45, 7) is 17.3. The molecule has 1 aromatic carbocycles. The number of pyridine rings is 1. The van der Waals surface area contributed by atoms with E-state index in [9.17, 15) is 4.79 Å². The Labute approximate surface area is 192 Å². The summed E-state index contributed by atoms with van der Waals surface area (Å²) in [5.41, 5.74) is 3.82. The quantitative estimate of drug-likeness (QED) is 0.324. The number of ether oxygens (including phenoxy) is 1. The number of hydrogen-bond donors (Lipinski definition) is 1. The van der Waals surface area contributed by atoms with Crippen LogP contribution in [0.2, 0.25) is 0 Å². The van der Waals surface area contributed by atoms with Crippen LogP contribution < -0.4 is 10.1 Å². The molecule has 5 nitrogen and oxygen atoms in total. The zero-order chi connectivity index (χ0) is 23.7. The van der Waals surface area contributed by atoms with Crippen LogP contribution in [0.15, 0.2) is 42.6 Å². The number of aromatic nitrogens is 2. The van der Waals surface area contributed by atoms with Gasteiger partial charge in [-0.05, 0) is 62.3 Å². The van der Waals surface area contributed by atoms with Gasteiger partial charge in [0.2, 0.25) is 0 Å². The van der Waals surface area contributed by atoms with E-state index in [2.05, 4.69) is 57.3 Å². The van der Waals surface area contributed by atoms with E-state index in [-0.39, 0.29) is 22.8 Å². The lowest BCUT2D eigenvalue weighted by molar-refractivity contribution is -0.135. The Kier molecular flexibility index (Phi) is 6.68. The second kappa shape index (κ2) is 8.97. The van der Waals surface area contributed by atoms with Gasteiger partial charge in [0.15, 0.2) is 0 Å². The normalized spacial score (nSPS) is 12.4. The van der Waals surface area contributed by atoms with E-state index in [1.807, 2.05) is 50.4 Å². The number of benzene rings is 1. The summed E-state index contributed by atoms with van der Waals surface area (Å²) >= 11 is 0. The van der Waals surface area contributed by atoms with Gasteiger partial charge in [-0.15, -0.1) is 0 Å². The molecule has 0 radical (unpaired) electrons. The number of anilines is 1. The van der Waals surface area contributed by atoms with E-state index in [0.717, 1.165) is 34.7 Å². The van der Waals surface area contributed by atoms with Crippen molar-refractivity contribution in [2.75, 3.05) is 5.32 Å². The molecule has 0 saturated carbocycles. The molecular formula is C27H37N3O2. The first kappa shape index (κ1) is 23.8.